The van der Waals surface area contributed by atoms with Crippen molar-refractivity contribution < 1.29 is 4.79 Å². The molecule has 0 atom stereocenters. The third-order valence-electron chi connectivity index (χ3n) is 1.10. The van der Waals surface area contributed by atoms with Crippen molar-refractivity contribution in [2.75, 3.05) is 0 Å². The van der Waals surface area contributed by atoms with Crippen LogP contribution >= 0.6 is 0 Å². The molecule has 0 aromatic heterocycles. The fourth-order valence-electron chi connectivity index (χ4n) is 0.668. The molecule has 0 amide bonds. The van der Waals surface area contributed by atoms with Gasteiger partial charge in [-0.05, 0) is 19.4 Å². The van der Waals surface area contributed by atoms with Crippen molar-refractivity contribution in [1.29, 1.82) is 5.26 Å². The molecule has 0 aromatic carbocycles. The summed E-state index contributed by atoms with van der Waals surface area (Å²) in [5.74, 6) is 0.000231. The summed E-state index contributed by atoms with van der Waals surface area (Å²) in [5, 5.41) is 8.16. The molecular formula is C8H12N2O. The predicted molar refractivity (Wildman–Crippen MR) is 42.4 cm³/mol. The van der Waals surface area contributed by atoms with Crippen LogP contribution in [0.4, 0.5) is 0 Å². The summed E-state index contributed by atoms with van der Waals surface area (Å²) in [7, 11) is 0. The smallest absolute Gasteiger partial charge is 0.157 e. The van der Waals surface area contributed by atoms with Crippen molar-refractivity contribution in [2.24, 2.45) is 5.73 Å². The number of nitriles is 1. The van der Waals surface area contributed by atoms with Crippen molar-refractivity contribution in [2.45, 2.75) is 26.2 Å². The highest BCUT2D eigenvalue weighted by atomic mass is 16.1. The van der Waals surface area contributed by atoms with Crippen LogP contribution in [0.3, 0.4) is 0 Å². The van der Waals surface area contributed by atoms with Gasteiger partial charge in [0.25, 0.3) is 0 Å². The van der Waals surface area contributed by atoms with Crippen LogP contribution in [0.15, 0.2) is 11.8 Å². The van der Waals surface area contributed by atoms with Gasteiger partial charge in [-0.2, -0.15) is 5.26 Å². The molecule has 0 heterocycles. The van der Waals surface area contributed by atoms with Crippen LogP contribution in [0.2, 0.25) is 0 Å². The average molecular weight is 152 g/mol. The van der Waals surface area contributed by atoms with Gasteiger partial charge in [0.2, 0.25) is 0 Å². The zero-order valence-electron chi connectivity index (χ0n) is 6.63. The van der Waals surface area contributed by atoms with Crippen molar-refractivity contribution in [3.8, 4) is 6.07 Å². The summed E-state index contributed by atoms with van der Waals surface area (Å²) in [6.07, 6.45) is 2.88. The van der Waals surface area contributed by atoms with E-state index in [2.05, 4.69) is 0 Å². The lowest BCUT2D eigenvalue weighted by Gasteiger charge is -1.91. The summed E-state index contributed by atoms with van der Waals surface area (Å²) in [6, 6.07) is 1.97. The van der Waals surface area contributed by atoms with Crippen LogP contribution in [0, 0.1) is 11.3 Å². The molecule has 0 aliphatic rings. The summed E-state index contributed by atoms with van der Waals surface area (Å²) in [6.45, 7) is 1.67. The summed E-state index contributed by atoms with van der Waals surface area (Å²) in [4.78, 5) is 10.9. The molecule has 60 valence electrons. The number of carbonyl (C=O) groups excluding carboxylic acids is 1. The van der Waals surface area contributed by atoms with Gasteiger partial charge in [0.05, 0.1) is 6.07 Å². The van der Waals surface area contributed by atoms with Crippen molar-refractivity contribution in [3.63, 3.8) is 0 Å². The predicted octanol–water partition coefficient (Wildman–Crippen LogP) is 1.11. The maximum atomic E-state index is 10.9. The number of hydrogen-bond donors (Lipinski definition) is 1. The van der Waals surface area contributed by atoms with Gasteiger partial charge in [0.1, 0.15) is 0 Å². The maximum Gasteiger partial charge on any atom is 0.157 e. The fraction of sp³-hybridized carbons (Fsp3) is 0.500. The minimum Gasteiger partial charge on any atom is -0.402 e. The molecule has 0 aliphatic heterocycles. The molecule has 0 rings (SSSR count). The quantitative estimate of drug-likeness (QED) is 0.484. The summed E-state index contributed by atoms with van der Waals surface area (Å²) in [5.41, 5.74) is 5.79. The second kappa shape index (κ2) is 5.48. The molecule has 0 aliphatic carbocycles. The zero-order chi connectivity index (χ0) is 8.69. The highest BCUT2D eigenvalue weighted by Gasteiger charge is 1.96. The van der Waals surface area contributed by atoms with Gasteiger partial charge in [-0.15, -0.1) is 0 Å². The van der Waals surface area contributed by atoms with E-state index in [-0.39, 0.29) is 5.78 Å². The number of unbranched alkanes of at least 4 members (excludes halogenated alkanes) is 1. The Labute approximate surface area is 66.5 Å². The number of nitrogens with zero attached hydrogens (tertiary/aromatic N) is 1. The Morgan fingerprint density at radius 1 is 1.73 bits per heavy atom. The zero-order valence-corrected chi connectivity index (χ0v) is 6.63. The van der Waals surface area contributed by atoms with Crippen LogP contribution in [0.25, 0.3) is 0 Å². The number of hydrogen-bond acceptors (Lipinski definition) is 3. The first-order valence-corrected chi connectivity index (χ1v) is 3.50. The molecule has 3 heteroatoms. The Kier molecular flexibility index (Phi) is 4.83. The number of nitrogens with two attached hydrogens (primary N) is 1. The molecule has 0 spiro atoms. The van der Waals surface area contributed by atoms with Crippen LogP contribution < -0.4 is 5.73 Å². The van der Waals surface area contributed by atoms with Crippen LogP contribution in [0.1, 0.15) is 26.2 Å². The van der Waals surface area contributed by atoms with E-state index < -0.39 is 0 Å². The molecule has 2 N–H and O–H groups in total. The van der Waals surface area contributed by atoms with E-state index in [0.717, 1.165) is 0 Å². The molecule has 0 bridgehead atoms. The lowest BCUT2D eigenvalue weighted by atomic mass is 10.2. The second-order valence-electron chi connectivity index (χ2n) is 2.37. The van der Waals surface area contributed by atoms with E-state index in [0.29, 0.717) is 25.0 Å². The SMILES string of the molecule is C/C(N)=C/C(=O)CCCC#N. The number of ketones is 1. The average Bonchev–Trinajstić information content (AvgIpc) is 1.86. The van der Waals surface area contributed by atoms with Crippen LogP contribution in [0.5, 0.6) is 0 Å². The first kappa shape index (κ1) is 9.70. The number of carbonyl (C=O) groups is 1. The monoisotopic (exact) mass is 152 g/mol. The van der Waals surface area contributed by atoms with Gasteiger partial charge < -0.3 is 5.73 Å². The number of allylic oxidation sites excluding steroid dienone is 2. The lowest BCUT2D eigenvalue weighted by molar-refractivity contribution is -0.114. The Morgan fingerprint density at radius 2 is 2.36 bits per heavy atom. The maximum absolute atomic E-state index is 10.9. The topological polar surface area (TPSA) is 66.9 Å². The largest absolute Gasteiger partial charge is 0.402 e. The van der Waals surface area contributed by atoms with E-state index in [4.69, 9.17) is 11.0 Å². The molecule has 0 saturated carbocycles. The van der Waals surface area contributed by atoms with Crippen molar-refractivity contribution in [1.82, 2.24) is 0 Å². The highest BCUT2D eigenvalue weighted by molar-refractivity contribution is 5.90. The van der Waals surface area contributed by atoms with Gasteiger partial charge in [-0.3, -0.25) is 4.79 Å². The van der Waals surface area contributed by atoms with Crippen molar-refractivity contribution in [3.05, 3.63) is 11.8 Å². The minimum atomic E-state index is 0.000231. The van der Waals surface area contributed by atoms with E-state index >= 15 is 0 Å². The Morgan fingerprint density at radius 3 is 2.82 bits per heavy atom. The van der Waals surface area contributed by atoms with Crippen LogP contribution in [-0.4, -0.2) is 5.78 Å². The van der Waals surface area contributed by atoms with E-state index in [1.165, 1.54) is 6.08 Å². The standard InChI is InChI=1S/C8H12N2O/c1-7(10)6-8(11)4-2-3-5-9/h6H,2-4,10H2,1H3/b7-6-. The first-order valence-electron chi connectivity index (χ1n) is 3.50. The molecule has 11 heavy (non-hydrogen) atoms. The van der Waals surface area contributed by atoms with E-state index in [1.807, 2.05) is 6.07 Å². The fourth-order valence-corrected chi connectivity index (χ4v) is 0.668. The minimum absolute atomic E-state index is 0.000231. The Hall–Kier alpha value is -1.30. The van der Waals surface area contributed by atoms with E-state index in [1.54, 1.807) is 6.92 Å². The second-order valence-corrected chi connectivity index (χ2v) is 2.37. The highest BCUT2D eigenvalue weighted by Crippen LogP contribution is 1.96. The van der Waals surface area contributed by atoms with Gasteiger partial charge in [-0.1, -0.05) is 0 Å². The molecule has 0 aromatic rings. The number of rotatable bonds is 4. The molecule has 0 fully saturated rings. The summed E-state index contributed by atoms with van der Waals surface area (Å²) >= 11 is 0. The normalized spacial score (nSPS) is 10.7. The Balaban J connectivity index is 3.56. The molecule has 0 unspecified atom stereocenters. The summed E-state index contributed by atoms with van der Waals surface area (Å²) < 4.78 is 0. The first-order chi connectivity index (χ1) is 5.16. The van der Waals surface area contributed by atoms with Crippen LogP contribution in [-0.2, 0) is 4.79 Å². The van der Waals surface area contributed by atoms with Gasteiger partial charge in [-0.25, -0.2) is 0 Å². The van der Waals surface area contributed by atoms with Gasteiger partial charge >= 0.3 is 0 Å². The molecule has 3 nitrogen and oxygen atoms in total. The molecular weight excluding hydrogens is 140 g/mol. The molecule has 0 radical (unpaired) electrons. The molecule has 0 saturated heterocycles. The van der Waals surface area contributed by atoms with Gasteiger partial charge in [0, 0.05) is 18.5 Å². The van der Waals surface area contributed by atoms with Gasteiger partial charge in [0.15, 0.2) is 5.78 Å². The van der Waals surface area contributed by atoms with E-state index in [9.17, 15) is 4.79 Å². The van der Waals surface area contributed by atoms with Crippen molar-refractivity contribution >= 4 is 5.78 Å². The third-order valence-corrected chi connectivity index (χ3v) is 1.10. The lowest BCUT2D eigenvalue weighted by Crippen LogP contribution is -1.98. The Bertz CT molecular complexity index is 197. The third kappa shape index (κ3) is 6.59.